The van der Waals surface area contributed by atoms with E-state index in [-0.39, 0.29) is 11.5 Å². The quantitative estimate of drug-likeness (QED) is 0.460. The Morgan fingerprint density at radius 3 is 2.69 bits per heavy atom. The highest BCUT2D eigenvalue weighted by atomic mass is 35.5. The average molecular weight is 452 g/mol. The lowest BCUT2D eigenvalue weighted by atomic mass is 10.1. The summed E-state index contributed by atoms with van der Waals surface area (Å²) in [5.74, 6) is -0.256. The van der Waals surface area contributed by atoms with Gasteiger partial charge < -0.3 is 15.2 Å². The topological polar surface area (TPSA) is 98.6 Å². The Morgan fingerprint density at radius 2 is 1.94 bits per heavy atom. The monoisotopic (exact) mass is 451 g/mol. The number of hydrogen-bond donors (Lipinski definition) is 2. The van der Waals surface area contributed by atoms with Crippen molar-refractivity contribution in [2.45, 2.75) is 6.54 Å². The van der Waals surface area contributed by atoms with E-state index in [1.165, 1.54) is 0 Å². The Kier molecular flexibility index (Phi) is 5.28. The summed E-state index contributed by atoms with van der Waals surface area (Å²) in [6.45, 7) is 4.11. The third kappa shape index (κ3) is 3.69. The molecule has 32 heavy (non-hydrogen) atoms. The van der Waals surface area contributed by atoms with Gasteiger partial charge in [-0.25, -0.2) is 9.50 Å². The largest absolute Gasteiger partial charge is 0.366 e. The Labute approximate surface area is 188 Å². The van der Waals surface area contributed by atoms with Crippen molar-refractivity contribution in [3.63, 3.8) is 0 Å². The number of carbonyl (C=O) groups excluding carboxylic acids is 1. The van der Waals surface area contributed by atoms with Gasteiger partial charge in [0.05, 0.1) is 22.9 Å². The van der Waals surface area contributed by atoms with E-state index in [4.69, 9.17) is 11.6 Å². The number of carbonyl (C=O) groups is 1. The summed E-state index contributed by atoms with van der Waals surface area (Å²) in [7, 11) is 1.57. The van der Waals surface area contributed by atoms with Crippen LogP contribution in [0.4, 0.5) is 5.69 Å². The van der Waals surface area contributed by atoms with Crippen LogP contribution in [0.15, 0.2) is 47.4 Å². The van der Waals surface area contributed by atoms with E-state index in [2.05, 4.69) is 36.2 Å². The van der Waals surface area contributed by atoms with Crippen LogP contribution in [0.1, 0.15) is 16.1 Å². The van der Waals surface area contributed by atoms with Gasteiger partial charge in [0, 0.05) is 39.8 Å². The fraction of sp³-hybridized carbons (Fsp3) is 0.273. The van der Waals surface area contributed by atoms with Gasteiger partial charge in [-0.1, -0.05) is 17.7 Å². The normalized spacial score (nSPS) is 14.9. The lowest BCUT2D eigenvalue weighted by Crippen LogP contribution is -2.46. The van der Waals surface area contributed by atoms with E-state index in [1.807, 2.05) is 18.2 Å². The van der Waals surface area contributed by atoms with Crippen LogP contribution in [0, 0.1) is 0 Å². The molecule has 1 aliphatic rings. The molecule has 2 N–H and O–H groups in total. The maximum atomic E-state index is 12.3. The molecule has 1 fully saturated rings. The number of nitrogens with one attached hydrogen (secondary N) is 2. The molecule has 0 radical (unpaired) electrons. The van der Waals surface area contributed by atoms with Gasteiger partial charge in [0.25, 0.3) is 11.5 Å². The number of halogens is 1. The lowest BCUT2D eigenvalue weighted by molar-refractivity contribution is 0.0958. The minimum absolute atomic E-state index is 0.145. The number of hydrogen-bond acceptors (Lipinski definition) is 6. The summed E-state index contributed by atoms with van der Waals surface area (Å²) in [6.07, 6.45) is 1.63. The molecule has 1 aliphatic heterocycles. The zero-order chi connectivity index (χ0) is 22.2. The molecule has 0 unspecified atom stereocenters. The Hall–Kier alpha value is -3.43. The van der Waals surface area contributed by atoms with Gasteiger partial charge in [0.1, 0.15) is 11.2 Å². The number of aromatic amines is 1. The van der Waals surface area contributed by atoms with E-state index in [0.29, 0.717) is 16.4 Å². The molecule has 9 nitrogen and oxygen atoms in total. The van der Waals surface area contributed by atoms with E-state index < -0.39 is 0 Å². The molecule has 164 valence electrons. The lowest BCUT2D eigenvalue weighted by Gasteiger charge is -2.36. The highest BCUT2D eigenvalue weighted by Gasteiger charge is 2.21. The zero-order valence-electron chi connectivity index (χ0n) is 17.5. The van der Waals surface area contributed by atoms with Gasteiger partial charge >= 0.3 is 0 Å². The minimum Gasteiger partial charge on any atom is -0.366 e. The van der Waals surface area contributed by atoms with Crippen LogP contribution in [0.25, 0.3) is 16.6 Å². The highest BCUT2D eigenvalue weighted by Crippen LogP contribution is 2.26. The highest BCUT2D eigenvalue weighted by molar-refractivity contribution is 6.32. The first kappa shape index (κ1) is 20.5. The smallest absolute Gasteiger partial charge is 0.274 e. The summed E-state index contributed by atoms with van der Waals surface area (Å²) < 4.78 is 1.67. The molecule has 1 aromatic carbocycles. The Balaban J connectivity index is 1.28. The van der Waals surface area contributed by atoms with Crippen molar-refractivity contribution in [2.75, 3.05) is 38.1 Å². The van der Waals surface area contributed by atoms with Crippen LogP contribution < -0.4 is 15.8 Å². The van der Waals surface area contributed by atoms with Crippen molar-refractivity contribution >= 4 is 39.7 Å². The standard InChI is InChI=1S/C22H22ClN7O2/c1-24-21(31)15-3-5-18(20(23)26-15)29-10-8-28(9-11-29)13-14-2-4-17-16(12-14)27-22(32)19-6-7-25-30(17)19/h2-7,12H,8-11,13H2,1H3,(H,24,31)(H,27,32). The molecule has 1 saturated heterocycles. The van der Waals surface area contributed by atoms with Gasteiger partial charge in [-0.05, 0) is 35.9 Å². The summed E-state index contributed by atoms with van der Waals surface area (Å²) in [4.78, 5) is 35.7. The first-order chi connectivity index (χ1) is 15.5. The summed E-state index contributed by atoms with van der Waals surface area (Å²) >= 11 is 6.35. The van der Waals surface area contributed by atoms with E-state index in [9.17, 15) is 9.59 Å². The second-order valence-electron chi connectivity index (χ2n) is 7.78. The van der Waals surface area contributed by atoms with Gasteiger partial charge in [-0.15, -0.1) is 0 Å². The third-order valence-corrected chi connectivity index (χ3v) is 6.10. The average Bonchev–Trinajstić information content (AvgIpc) is 3.30. The fourth-order valence-electron chi connectivity index (χ4n) is 4.14. The van der Waals surface area contributed by atoms with Crippen molar-refractivity contribution < 1.29 is 4.79 Å². The number of fused-ring (bicyclic) bond motifs is 3. The molecule has 10 heteroatoms. The number of rotatable bonds is 4. The van der Waals surface area contributed by atoms with Crippen LogP contribution in [-0.4, -0.2) is 63.6 Å². The minimum atomic E-state index is -0.256. The predicted octanol–water partition coefficient (Wildman–Crippen LogP) is 1.91. The van der Waals surface area contributed by atoms with Crippen LogP contribution in [0.5, 0.6) is 0 Å². The van der Waals surface area contributed by atoms with Crippen molar-refractivity contribution in [2.24, 2.45) is 0 Å². The van der Waals surface area contributed by atoms with Crippen LogP contribution >= 0.6 is 11.6 Å². The number of pyridine rings is 1. The SMILES string of the molecule is CNC(=O)c1ccc(N2CCN(Cc3ccc4c(c3)[nH]c(=O)c3ccnn34)CC2)c(Cl)n1. The third-order valence-electron chi connectivity index (χ3n) is 5.82. The first-order valence-electron chi connectivity index (χ1n) is 10.4. The number of benzene rings is 1. The second-order valence-corrected chi connectivity index (χ2v) is 8.14. The Bertz CT molecular complexity index is 1370. The second kappa shape index (κ2) is 8.25. The van der Waals surface area contributed by atoms with Gasteiger partial charge in [0.15, 0.2) is 5.15 Å². The molecule has 0 bridgehead atoms. The van der Waals surface area contributed by atoms with E-state index >= 15 is 0 Å². The molecule has 0 aliphatic carbocycles. The van der Waals surface area contributed by atoms with Crippen molar-refractivity contribution in [1.82, 2.24) is 29.8 Å². The van der Waals surface area contributed by atoms with Crippen molar-refractivity contribution in [3.8, 4) is 0 Å². The molecule has 0 atom stereocenters. The van der Waals surface area contributed by atoms with Crippen molar-refractivity contribution in [1.29, 1.82) is 0 Å². The number of amides is 1. The molecule has 0 saturated carbocycles. The number of anilines is 1. The van der Waals surface area contributed by atoms with E-state index in [1.54, 1.807) is 29.9 Å². The maximum Gasteiger partial charge on any atom is 0.274 e. The summed E-state index contributed by atoms with van der Waals surface area (Å²) in [5.41, 5.74) is 4.32. The molecule has 3 aromatic heterocycles. The predicted molar refractivity (Wildman–Crippen MR) is 123 cm³/mol. The molecule has 4 heterocycles. The maximum absolute atomic E-state index is 12.3. The zero-order valence-corrected chi connectivity index (χ0v) is 18.3. The molecule has 1 amide bonds. The van der Waals surface area contributed by atoms with Gasteiger partial charge in [-0.2, -0.15) is 5.10 Å². The Morgan fingerprint density at radius 1 is 1.12 bits per heavy atom. The molecular formula is C22H22ClN7O2. The summed E-state index contributed by atoms with van der Waals surface area (Å²) in [5, 5.41) is 7.15. The summed E-state index contributed by atoms with van der Waals surface area (Å²) in [6, 6.07) is 11.3. The van der Waals surface area contributed by atoms with Crippen molar-refractivity contribution in [3.05, 3.63) is 69.4 Å². The number of nitrogens with zero attached hydrogens (tertiary/aromatic N) is 5. The van der Waals surface area contributed by atoms with E-state index in [0.717, 1.165) is 55.0 Å². The molecule has 5 rings (SSSR count). The van der Waals surface area contributed by atoms with Crippen LogP contribution in [0.3, 0.4) is 0 Å². The number of piperazine rings is 1. The molecule has 4 aromatic rings. The first-order valence-corrected chi connectivity index (χ1v) is 10.8. The van der Waals surface area contributed by atoms with Crippen LogP contribution in [0.2, 0.25) is 5.15 Å². The number of H-pyrrole nitrogens is 1. The molecule has 0 spiro atoms. The van der Waals surface area contributed by atoms with Gasteiger partial charge in [-0.3, -0.25) is 14.5 Å². The van der Waals surface area contributed by atoms with Gasteiger partial charge in [0.2, 0.25) is 0 Å². The van der Waals surface area contributed by atoms with Crippen LogP contribution in [-0.2, 0) is 6.54 Å². The fourth-order valence-corrected chi connectivity index (χ4v) is 4.42. The molecular weight excluding hydrogens is 430 g/mol. The number of aromatic nitrogens is 4.